The summed E-state index contributed by atoms with van der Waals surface area (Å²) in [5.74, 6) is 0.957. The summed E-state index contributed by atoms with van der Waals surface area (Å²) in [7, 11) is -10.7. The molecule has 0 bridgehead atoms. The molecule has 0 saturated heterocycles. The Morgan fingerprint density at radius 3 is 2.00 bits per heavy atom. The summed E-state index contributed by atoms with van der Waals surface area (Å²) in [6.07, 6.45) is 2.06. The van der Waals surface area contributed by atoms with E-state index in [1.54, 1.807) is 0 Å². The monoisotopic (exact) mass is 423 g/mol. The van der Waals surface area contributed by atoms with Crippen LogP contribution in [0.1, 0.15) is 17.4 Å². The second-order valence-corrected chi connectivity index (χ2v) is 8.04. The number of fused-ring (bicyclic) bond motifs is 1. The Kier molecular flexibility index (Phi) is 4.75. The van der Waals surface area contributed by atoms with E-state index in [-0.39, 0.29) is 6.04 Å². The zero-order valence-electron chi connectivity index (χ0n) is 14.3. The number of halogens is 6. The largest absolute Gasteiger partial charge is 0.366 e. The van der Waals surface area contributed by atoms with Gasteiger partial charge in [0.1, 0.15) is 18.3 Å². The summed E-state index contributed by atoms with van der Waals surface area (Å²) in [6, 6.07) is 20.8. The SMILES string of the molecule is F[P-](F)(F)(F)(F)F.c1ccc([C@@H]2COCc3nn(-c4ccccc4)c[n+]32)cc1. The molecular formula is C17H16F6N3OP. The van der Waals surface area contributed by atoms with Crippen molar-refractivity contribution in [2.45, 2.75) is 12.6 Å². The van der Waals surface area contributed by atoms with Gasteiger partial charge in [-0.1, -0.05) is 53.2 Å². The summed E-state index contributed by atoms with van der Waals surface area (Å²) in [4.78, 5) is 0. The number of hydrogen-bond acceptors (Lipinski definition) is 2. The Morgan fingerprint density at radius 1 is 0.893 bits per heavy atom. The van der Waals surface area contributed by atoms with Gasteiger partial charge in [-0.3, -0.25) is 0 Å². The van der Waals surface area contributed by atoms with Gasteiger partial charge in [0, 0.05) is 5.10 Å². The summed E-state index contributed by atoms with van der Waals surface area (Å²) in [6.45, 7) is 1.24. The number of hydrogen-bond donors (Lipinski definition) is 0. The third-order valence-corrected chi connectivity index (χ3v) is 3.80. The van der Waals surface area contributed by atoms with Crippen molar-refractivity contribution >= 4 is 7.81 Å². The van der Waals surface area contributed by atoms with E-state index in [0.717, 1.165) is 11.5 Å². The van der Waals surface area contributed by atoms with Gasteiger partial charge < -0.3 is 4.74 Å². The fourth-order valence-corrected chi connectivity index (χ4v) is 2.73. The van der Waals surface area contributed by atoms with E-state index in [4.69, 9.17) is 4.74 Å². The third-order valence-electron chi connectivity index (χ3n) is 3.80. The van der Waals surface area contributed by atoms with Gasteiger partial charge in [-0.05, 0) is 17.7 Å². The fraction of sp³-hybridized carbons (Fsp3) is 0.176. The summed E-state index contributed by atoms with van der Waals surface area (Å²) in [5, 5.41) is 4.65. The summed E-state index contributed by atoms with van der Waals surface area (Å²) in [5.41, 5.74) is 2.31. The van der Waals surface area contributed by atoms with E-state index in [1.807, 2.05) is 28.9 Å². The van der Waals surface area contributed by atoms with Crippen LogP contribution < -0.4 is 4.57 Å². The predicted octanol–water partition coefficient (Wildman–Crippen LogP) is 5.66. The van der Waals surface area contributed by atoms with Crippen LogP contribution in [0.3, 0.4) is 0 Å². The molecule has 28 heavy (non-hydrogen) atoms. The van der Waals surface area contributed by atoms with Crippen LogP contribution in [0.4, 0.5) is 25.2 Å². The number of ether oxygens (including phenoxy) is 1. The van der Waals surface area contributed by atoms with Crippen molar-refractivity contribution in [1.29, 1.82) is 0 Å². The Labute approximate surface area is 156 Å². The molecule has 0 spiro atoms. The van der Waals surface area contributed by atoms with Crippen LogP contribution in [0, 0.1) is 0 Å². The second kappa shape index (κ2) is 6.56. The molecule has 0 saturated carbocycles. The molecule has 0 fully saturated rings. The van der Waals surface area contributed by atoms with Crippen LogP contribution in [0.25, 0.3) is 5.69 Å². The molecule has 3 aromatic rings. The minimum atomic E-state index is -10.7. The van der Waals surface area contributed by atoms with Gasteiger partial charge in [-0.2, -0.15) is 0 Å². The molecule has 4 nitrogen and oxygen atoms in total. The first-order valence-corrected chi connectivity index (χ1v) is 10.1. The molecule has 1 aromatic heterocycles. The van der Waals surface area contributed by atoms with E-state index in [0.29, 0.717) is 13.2 Å². The second-order valence-electron chi connectivity index (χ2n) is 6.12. The Hall–Kier alpha value is -2.45. The zero-order chi connectivity index (χ0) is 20.5. The first-order valence-electron chi connectivity index (χ1n) is 8.11. The number of nitrogens with zero attached hydrogens (tertiary/aromatic N) is 3. The predicted molar refractivity (Wildman–Crippen MR) is 91.6 cm³/mol. The Bertz CT molecular complexity index is 934. The van der Waals surface area contributed by atoms with Gasteiger partial charge in [0.05, 0.1) is 6.61 Å². The van der Waals surface area contributed by atoms with Crippen molar-refractivity contribution in [3.8, 4) is 5.69 Å². The van der Waals surface area contributed by atoms with Gasteiger partial charge in [0.15, 0.2) is 0 Å². The van der Waals surface area contributed by atoms with E-state index in [1.165, 1.54) is 5.56 Å². The smallest absolute Gasteiger partial charge is 0.304 e. The number of benzene rings is 2. The molecule has 2 heterocycles. The summed E-state index contributed by atoms with van der Waals surface area (Å²) >= 11 is 0. The van der Waals surface area contributed by atoms with Crippen molar-refractivity contribution in [3.05, 3.63) is 78.4 Å². The molecule has 0 amide bonds. The quantitative estimate of drug-likeness (QED) is 0.303. The standard InChI is InChI=1S/C17H16N3O.F6P/c1-3-7-14(8-4-1)16-11-21-12-17-18-20(13-19(16)17)15-9-5-2-6-10-15;1-7(2,3,4,5)6/h1-10,13,16H,11-12H2;/q+1;-1/t16-;/m0./s1. The maximum atomic E-state index is 9.87. The molecule has 0 aliphatic carbocycles. The fourth-order valence-electron chi connectivity index (χ4n) is 2.73. The molecule has 11 heteroatoms. The molecule has 0 unspecified atom stereocenters. The minimum Gasteiger partial charge on any atom is -0.366 e. The van der Waals surface area contributed by atoms with Crippen LogP contribution in [-0.2, 0) is 11.3 Å². The maximum absolute atomic E-state index is 10.7. The van der Waals surface area contributed by atoms with Gasteiger partial charge in [0.2, 0.25) is 6.33 Å². The molecule has 1 aliphatic rings. The van der Waals surface area contributed by atoms with Crippen molar-refractivity contribution in [2.75, 3.05) is 6.61 Å². The normalized spacial score (nSPS) is 18.9. The van der Waals surface area contributed by atoms with E-state index in [2.05, 4.69) is 52.4 Å². The van der Waals surface area contributed by atoms with Gasteiger partial charge >= 0.3 is 38.8 Å². The van der Waals surface area contributed by atoms with Crippen LogP contribution in [-0.4, -0.2) is 16.4 Å². The van der Waals surface area contributed by atoms with Crippen LogP contribution in [0.2, 0.25) is 0 Å². The maximum Gasteiger partial charge on any atom is 0.304 e. The molecule has 1 atom stereocenters. The van der Waals surface area contributed by atoms with Gasteiger partial charge in [-0.15, -0.1) is 0 Å². The minimum absolute atomic E-state index is 0.187. The molecule has 4 rings (SSSR count). The first kappa shape index (κ1) is 20.3. The average Bonchev–Trinajstić information content (AvgIpc) is 3.05. The Morgan fingerprint density at radius 2 is 1.43 bits per heavy atom. The third kappa shape index (κ3) is 6.31. The zero-order valence-corrected chi connectivity index (χ0v) is 15.2. The number of aromatic nitrogens is 3. The van der Waals surface area contributed by atoms with Crippen molar-refractivity contribution in [3.63, 3.8) is 0 Å². The van der Waals surface area contributed by atoms with E-state index in [9.17, 15) is 25.2 Å². The Balaban J connectivity index is 0.000000279. The number of rotatable bonds is 2. The molecule has 0 N–H and O–H groups in total. The number of para-hydroxylation sites is 1. The van der Waals surface area contributed by atoms with Crippen LogP contribution in [0.5, 0.6) is 0 Å². The topological polar surface area (TPSA) is 30.9 Å². The molecule has 1 aliphatic heterocycles. The van der Waals surface area contributed by atoms with E-state index >= 15 is 0 Å². The molecule has 2 aromatic carbocycles. The first-order chi connectivity index (χ1) is 12.9. The van der Waals surface area contributed by atoms with Crippen LogP contribution >= 0.6 is 7.81 Å². The van der Waals surface area contributed by atoms with Gasteiger partial charge in [0.25, 0.3) is 0 Å². The van der Waals surface area contributed by atoms with Crippen molar-refractivity contribution in [1.82, 2.24) is 9.78 Å². The average molecular weight is 423 g/mol. The van der Waals surface area contributed by atoms with Crippen molar-refractivity contribution in [2.24, 2.45) is 0 Å². The molecule has 152 valence electrons. The van der Waals surface area contributed by atoms with Crippen molar-refractivity contribution < 1.29 is 34.5 Å². The summed E-state index contributed by atoms with van der Waals surface area (Å²) < 4.78 is 69.0. The van der Waals surface area contributed by atoms with E-state index < -0.39 is 7.81 Å². The van der Waals surface area contributed by atoms with Crippen LogP contribution in [0.15, 0.2) is 67.0 Å². The molecule has 0 radical (unpaired) electrons. The molecular weight excluding hydrogens is 407 g/mol. The van der Waals surface area contributed by atoms with Gasteiger partial charge in [-0.25, -0.2) is 4.57 Å².